The number of hydrogen-bond acceptors (Lipinski definition) is 3. The van der Waals surface area contributed by atoms with Crippen LogP contribution in [0.5, 0.6) is 0 Å². The molecule has 1 atom stereocenters. The van der Waals surface area contributed by atoms with E-state index in [2.05, 4.69) is 22.2 Å². The average molecular weight is 291 g/mol. The normalized spacial score (nSPS) is 20.4. The highest BCUT2D eigenvalue weighted by Crippen LogP contribution is 2.21. The molecule has 3 heterocycles. The topological polar surface area (TPSA) is 48.1 Å². The summed E-state index contributed by atoms with van der Waals surface area (Å²) >= 11 is 1.66. The predicted molar refractivity (Wildman–Crippen MR) is 83.3 cm³/mol. The monoisotopic (exact) mass is 291 g/mol. The predicted octanol–water partition coefficient (Wildman–Crippen LogP) is 2.69. The molecule has 2 aromatic heterocycles. The van der Waals surface area contributed by atoms with Gasteiger partial charge in [0.1, 0.15) is 5.69 Å². The summed E-state index contributed by atoms with van der Waals surface area (Å²) in [6, 6.07) is 3.94. The van der Waals surface area contributed by atoms with Gasteiger partial charge in [-0.15, -0.1) is 11.3 Å². The van der Waals surface area contributed by atoms with Crippen LogP contribution in [0.3, 0.4) is 0 Å². The molecule has 0 radical (unpaired) electrons. The van der Waals surface area contributed by atoms with Gasteiger partial charge in [0.05, 0.1) is 10.2 Å². The summed E-state index contributed by atoms with van der Waals surface area (Å²) in [4.78, 5) is 17.6. The third kappa shape index (κ3) is 3.04. The van der Waals surface area contributed by atoms with Crippen molar-refractivity contribution >= 4 is 27.5 Å². The van der Waals surface area contributed by atoms with Crippen molar-refractivity contribution < 1.29 is 4.79 Å². The molecule has 2 aromatic rings. The molecule has 4 nitrogen and oxygen atoms in total. The number of H-pyrrole nitrogens is 1. The molecule has 0 aromatic carbocycles. The molecule has 0 spiro atoms. The minimum atomic E-state index is 0.0116. The van der Waals surface area contributed by atoms with Crippen molar-refractivity contribution in [3.8, 4) is 0 Å². The van der Waals surface area contributed by atoms with Crippen molar-refractivity contribution in [2.24, 2.45) is 5.92 Å². The Bertz CT molecular complexity index is 560. The molecule has 0 bridgehead atoms. The Morgan fingerprint density at radius 1 is 1.60 bits per heavy atom. The van der Waals surface area contributed by atoms with Crippen molar-refractivity contribution in [1.29, 1.82) is 0 Å². The lowest BCUT2D eigenvalue weighted by Crippen LogP contribution is -2.34. The Hall–Kier alpha value is -1.33. The van der Waals surface area contributed by atoms with E-state index in [0.29, 0.717) is 5.69 Å². The highest BCUT2D eigenvalue weighted by molar-refractivity contribution is 7.17. The maximum absolute atomic E-state index is 12.1. The highest BCUT2D eigenvalue weighted by Gasteiger charge is 2.17. The number of likely N-dealkylation sites (tertiary alicyclic amines) is 1. The van der Waals surface area contributed by atoms with E-state index >= 15 is 0 Å². The first-order chi connectivity index (χ1) is 9.72. The number of carbonyl (C=O) groups excluding carboxylic acids is 1. The number of carbonyl (C=O) groups is 1. The number of amides is 1. The minimum absolute atomic E-state index is 0.0116. The van der Waals surface area contributed by atoms with Gasteiger partial charge < -0.3 is 15.2 Å². The van der Waals surface area contributed by atoms with E-state index in [1.54, 1.807) is 11.3 Å². The zero-order valence-electron chi connectivity index (χ0n) is 11.8. The van der Waals surface area contributed by atoms with E-state index in [-0.39, 0.29) is 5.91 Å². The number of rotatable bonds is 4. The molecule has 108 valence electrons. The van der Waals surface area contributed by atoms with Gasteiger partial charge in [-0.3, -0.25) is 4.79 Å². The number of aromatic nitrogens is 1. The van der Waals surface area contributed by atoms with Gasteiger partial charge in [-0.1, -0.05) is 0 Å². The summed E-state index contributed by atoms with van der Waals surface area (Å²) in [6.07, 6.45) is 3.64. The first-order valence-corrected chi connectivity index (χ1v) is 8.13. The molecule has 1 aliphatic heterocycles. The van der Waals surface area contributed by atoms with E-state index in [0.717, 1.165) is 35.6 Å². The molecule has 3 rings (SSSR count). The fourth-order valence-electron chi connectivity index (χ4n) is 2.96. The van der Waals surface area contributed by atoms with Gasteiger partial charge in [-0.25, -0.2) is 0 Å². The first-order valence-electron chi connectivity index (χ1n) is 7.25. The fourth-order valence-corrected chi connectivity index (χ4v) is 3.75. The zero-order chi connectivity index (χ0) is 13.9. The fraction of sp³-hybridized carbons (Fsp3) is 0.533. The number of nitrogens with zero attached hydrogens (tertiary/aromatic N) is 1. The van der Waals surface area contributed by atoms with Crippen molar-refractivity contribution in [2.45, 2.75) is 19.3 Å². The molecule has 1 fully saturated rings. The van der Waals surface area contributed by atoms with Crippen molar-refractivity contribution in [3.63, 3.8) is 0 Å². The molecule has 1 amide bonds. The first kappa shape index (κ1) is 13.6. The minimum Gasteiger partial charge on any atom is -0.351 e. The van der Waals surface area contributed by atoms with Crippen molar-refractivity contribution in [2.75, 3.05) is 26.7 Å². The maximum Gasteiger partial charge on any atom is 0.267 e. The van der Waals surface area contributed by atoms with Crippen LogP contribution in [0.1, 0.15) is 29.8 Å². The zero-order valence-corrected chi connectivity index (χ0v) is 12.6. The smallest absolute Gasteiger partial charge is 0.267 e. The van der Waals surface area contributed by atoms with Crippen LogP contribution in [0.15, 0.2) is 17.5 Å². The summed E-state index contributed by atoms with van der Waals surface area (Å²) < 4.78 is 1.14. The van der Waals surface area contributed by atoms with E-state index in [9.17, 15) is 4.79 Å². The largest absolute Gasteiger partial charge is 0.351 e. The van der Waals surface area contributed by atoms with Crippen molar-refractivity contribution in [3.05, 3.63) is 23.2 Å². The van der Waals surface area contributed by atoms with E-state index in [1.165, 1.54) is 19.4 Å². The van der Waals surface area contributed by atoms with Gasteiger partial charge in [0, 0.05) is 13.1 Å². The SMILES string of the molecule is CN1CCCC(CCNC(=O)c2cc3sccc3[nH]2)C1. The van der Waals surface area contributed by atoms with Crippen LogP contribution in [0, 0.1) is 5.92 Å². The molecule has 1 aliphatic rings. The number of fused-ring (bicyclic) bond motifs is 1. The average Bonchev–Trinajstić information content (AvgIpc) is 2.99. The van der Waals surface area contributed by atoms with Crippen molar-refractivity contribution in [1.82, 2.24) is 15.2 Å². The second-order valence-corrected chi connectivity index (χ2v) is 6.64. The van der Waals surface area contributed by atoms with E-state index in [1.807, 2.05) is 17.5 Å². The maximum atomic E-state index is 12.1. The lowest BCUT2D eigenvalue weighted by atomic mass is 9.95. The van der Waals surface area contributed by atoms with Gasteiger partial charge in [0.15, 0.2) is 0 Å². The van der Waals surface area contributed by atoms with Gasteiger partial charge in [0.2, 0.25) is 0 Å². The lowest BCUT2D eigenvalue weighted by Gasteiger charge is -2.29. The molecule has 1 unspecified atom stereocenters. The molecule has 2 N–H and O–H groups in total. The Kier molecular flexibility index (Phi) is 4.08. The molecule has 0 saturated carbocycles. The molecular weight excluding hydrogens is 270 g/mol. The summed E-state index contributed by atoms with van der Waals surface area (Å²) in [5.74, 6) is 0.735. The lowest BCUT2D eigenvalue weighted by molar-refractivity contribution is 0.0944. The quantitative estimate of drug-likeness (QED) is 0.910. The van der Waals surface area contributed by atoms with Crippen LogP contribution in [-0.4, -0.2) is 42.5 Å². The van der Waals surface area contributed by atoms with Gasteiger partial charge >= 0.3 is 0 Å². The Morgan fingerprint density at radius 3 is 3.30 bits per heavy atom. The number of nitrogens with one attached hydrogen (secondary N) is 2. The Labute approximate surface area is 123 Å². The van der Waals surface area contributed by atoms with Crippen LogP contribution in [0.4, 0.5) is 0 Å². The number of hydrogen-bond donors (Lipinski definition) is 2. The third-order valence-corrected chi connectivity index (χ3v) is 4.91. The van der Waals surface area contributed by atoms with Crippen LogP contribution in [0.2, 0.25) is 0 Å². The summed E-state index contributed by atoms with van der Waals surface area (Å²) in [7, 11) is 2.18. The number of aromatic amines is 1. The molecular formula is C15H21N3OS. The number of piperidine rings is 1. The summed E-state index contributed by atoms with van der Waals surface area (Å²) in [6.45, 7) is 3.14. The second kappa shape index (κ2) is 5.97. The van der Waals surface area contributed by atoms with Gasteiger partial charge in [-0.2, -0.15) is 0 Å². The van der Waals surface area contributed by atoms with E-state index < -0.39 is 0 Å². The Balaban J connectivity index is 1.48. The summed E-state index contributed by atoms with van der Waals surface area (Å²) in [5.41, 5.74) is 1.72. The van der Waals surface area contributed by atoms with Crippen LogP contribution in [0.25, 0.3) is 10.2 Å². The number of thiophene rings is 1. The standard InChI is InChI=1S/C15H21N3OS/c1-18-7-2-3-11(10-18)4-6-16-15(19)13-9-14-12(17-13)5-8-20-14/h5,8-9,11,17H,2-4,6-7,10H2,1H3,(H,16,19). The van der Waals surface area contributed by atoms with Crippen LogP contribution < -0.4 is 5.32 Å². The molecule has 0 aliphatic carbocycles. The molecule has 1 saturated heterocycles. The van der Waals surface area contributed by atoms with Crippen LogP contribution >= 0.6 is 11.3 Å². The van der Waals surface area contributed by atoms with Gasteiger partial charge in [0.25, 0.3) is 5.91 Å². The van der Waals surface area contributed by atoms with Crippen LogP contribution in [-0.2, 0) is 0 Å². The third-order valence-electron chi connectivity index (χ3n) is 4.04. The van der Waals surface area contributed by atoms with Gasteiger partial charge in [-0.05, 0) is 56.3 Å². The molecule has 20 heavy (non-hydrogen) atoms. The highest BCUT2D eigenvalue weighted by atomic mass is 32.1. The van der Waals surface area contributed by atoms with E-state index in [4.69, 9.17) is 0 Å². The second-order valence-electron chi connectivity index (χ2n) is 5.70. The Morgan fingerprint density at radius 2 is 2.50 bits per heavy atom. The summed E-state index contributed by atoms with van der Waals surface area (Å²) in [5, 5.41) is 5.06. The molecule has 5 heteroatoms.